The van der Waals surface area contributed by atoms with Crippen LogP contribution in [0.1, 0.15) is 38.7 Å². The molecule has 0 aromatic heterocycles. The van der Waals surface area contributed by atoms with Gasteiger partial charge in [-0.2, -0.15) is 0 Å². The summed E-state index contributed by atoms with van der Waals surface area (Å²) in [5.41, 5.74) is 1.22. The fraction of sp³-hybridized carbons (Fsp3) is 0.632. The molecular weight excluding hydrogens is 288 g/mol. The molecule has 0 N–H and O–H groups in total. The minimum Gasteiger partial charge on any atom is -0.360 e. The summed E-state index contributed by atoms with van der Waals surface area (Å²) in [6.07, 6.45) is 2.88. The number of rotatable bonds is 3. The van der Waals surface area contributed by atoms with E-state index in [1.54, 1.807) is 0 Å². The number of carbonyl (C=O) groups excluding carboxylic acids is 1. The smallest absolute Gasteiger partial charge is 0.251 e. The summed E-state index contributed by atoms with van der Waals surface area (Å²) in [6.45, 7) is 8.64. The van der Waals surface area contributed by atoms with Gasteiger partial charge in [0.2, 0.25) is 0 Å². The van der Waals surface area contributed by atoms with Gasteiger partial charge >= 0.3 is 0 Å². The van der Waals surface area contributed by atoms with E-state index in [1.165, 1.54) is 5.56 Å². The monoisotopic (exact) mass is 316 g/mol. The second kappa shape index (κ2) is 7.02. The average molecular weight is 316 g/mol. The third-order valence-electron chi connectivity index (χ3n) is 5.19. The van der Waals surface area contributed by atoms with Crippen molar-refractivity contribution < 1.29 is 9.53 Å². The first-order chi connectivity index (χ1) is 11.1. The lowest BCUT2D eigenvalue weighted by Gasteiger charge is -2.44. The number of ether oxygens (including phenoxy) is 1. The van der Waals surface area contributed by atoms with E-state index in [0.29, 0.717) is 0 Å². The van der Waals surface area contributed by atoms with Crippen LogP contribution in [0.25, 0.3) is 0 Å². The Labute approximate surface area is 139 Å². The predicted molar refractivity (Wildman–Crippen MR) is 91.1 cm³/mol. The highest BCUT2D eigenvalue weighted by molar-refractivity contribution is 5.81. The maximum Gasteiger partial charge on any atom is 0.251 e. The van der Waals surface area contributed by atoms with E-state index in [-0.39, 0.29) is 17.6 Å². The van der Waals surface area contributed by atoms with E-state index in [2.05, 4.69) is 42.2 Å². The molecule has 0 unspecified atom stereocenters. The number of nitrogens with zero attached hydrogens (tertiary/aromatic N) is 2. The Kier molecular flexibility index (Phi) is 5.02. The molecule has 1 aromatic rings. The van der Waals surface area contributed by atoms with Crippen LogP contribution >= 0.6 is 0 Å². The molecule has 4 heteroatoms. The summed E-state index contributed by atoms with van der Waals surface area (Å²) >= 11 is 0. The van der Waals surface area contributed by atoms with Crippen LogP contribution in [0.4, 0.5) is 0 Å². The summed E-state index contributed by atoms with van der Waals surface area (Å²) in [5.74, 6) is 0.142. The Morgan fingerprint density at radius 1 is 1.22 bits per heavy atom. The molecule has 3 rings (SSSR count). The number of likely N-dealkylation sites (N-methyl/N-ethyl adjacent to an activating group) is 1. The zero-order valence-corrected chi connectivity index (χ0v) is 14.3. The van der Waals surface area contributed by atoms with E-state index in [1.807, 2.05) is 11.8 Å². The Morgan fingerprint density at radius 3 is 2.74 bits per heavy atom. The standard InChI is InChI=1S/C19H28N2O2/c1-3-21-15-19(23-16(2)18(21)22)10-7-12-20(13-11-19)14-17-8-5-4-6-9-17/h4-6,8-9,16H,3,7,10-15H2,1-2H3/t16-,19-/m0/s1. The molecule has 4 nitrogen and oxygen atoms in total. The molecule has 23 heavy (non-hydrogen) atoms. The lowest BCUT2D eigenvalue weighted by Crippen LogP contribution is -2.58. The first-order valence-electron chi connectivity index (χ1n) is 8.85. The van der Waals surface area contributed by atoms with E-state index >= 15 is 0 Å². The van der Waals surface area contributed by atoms with Gasteiger partial charge in [0.15, 0.2) is 0 Å². The van der Waals surface area contributed by atoms with Gasteiger partial charge in [-0.1, -0.05) is 30.3 Å². The van der Waals surface area contributed by atoms with E-state index in [0.717, 1.165) is 52.0 Å². The minimum atomic E-state index is -0.302. The molecule has 2 atom stereocenters. The summed E-state index contributed by atoms with van der Waals surface area (Å²) in [5, 5.41) is 0. The lowest BCUT2D eigenvalue weighted by atomic mass is 9.91. The first kappa shape index (κ1) is 16.5. The second-order valence-electron chi connectivity index (χ2n) is 6.91. The highest BCUT2D eigenvalue weighted by atomic mass is 16.5. The summed E-state index contributed by atoms with van der Waals surface area (Å²) in [4.78, 5) is 16.7. The predicted octanol–water partition coefficient (Wildman–Crippen LogP) is 2.68. The number of carbonyl (C=O) groups is 1. The van der Waals surface area contributed by atoms with Gasteiger partial charge < -0.3 is 9.64 Å². The van der Waals surface area contributed by atoms with Crippen LogP contribution in [-0.4, -0.2) is 53.6 Å². The van der Waals surface area contributed by atoms with Crippen molar-refractivity contribution in [1.82, 2.24) is 9.80 Å². The molecule has 2 fully saturated rings. The third-order valence-corrected chi connectivity index (χ3v) is 5.19. The molecule has 1 amide bonds. The van der Waals surface area contributed by atoms with Gasteiger partial charge in [-0.3, -0.25) is 9.69 Å². The molecule has 1 aromatic carbocycles. The molecule has 2 saturated heterocycles. The fourth-order valence-electron chi connectivity index (χ4n) is 3.91. The summed E-state index contributed by atoms with van der Waals surface area (Å²) in [6, 6.07) is 10.7. The Bertz CT molecular complexity index is 533. The summed E-state index contributed by atoms with van der Waals surface area (Å²) < 4.78 is 6.22. The van der Waals surface area contributed by atoms with Crippen LogP contribution in [-0.2, 0) is 16.1 Å². The quantitative estimate of drug-likeness (QED) is 0.859. The molecule has 2 aliphatic rings. The number of amides is 1. The van der Waals surface area contributed by atoms with Crippen molar-refractivity contribution in [1.29, 1.82) is 0 Å². The highest BCUT2D eigenvalue weighted by Crippen LogP contribution is 2.33. The van der Waals surface area contributed by atoms with Crippen molar-refractivity contribution >= 4 is 5.91 Å². The van der Waals surface area contributed by atoms with Crippen LogP contribution < -0.4 is 0 Å². The first-order valence-corrected chi connectivity index (χ1v) is 8.85. The number of hydrogen-bond donors (Lipinski definition) is 0. The van der Waals surface area contributed by atoms with Crippen molar-refractivity contribution in [3.8, 4) is 0 Å². The van der Waals surface area contributed by atoms with Gasteiger partial charge in [0.05, 0.1) is 5.60 Å². The van der Waals surface area contributed by atoms with Crippen molar-refractivity contribution in [2.24, 2.45) is 0 Å². The zero-order valence-electron chi connectivity index (χ0n) is 14.3. The lowest BCUT2D eigenvalue weighted by molar-refractivity contribution is -0.182. The highest BCUT2D eigenvalue weighted by Gasteiger charge is 2.43. The van der Waals surface area contributed by atoms with Crippen LogP contribution in [0.3, 0.4) is 0 Å². The van der Waals surface area contributed by atoms with Crippen molar-refractivity contribution in [3.63, 3.8) is 0 Å². The van der Waals surface area contributed by atoms with Crippen LogP contribution in [0.15, 0.2) is 30.3 Å². The topological polar surface area (TPSA) is 32.8 Å². The maximum absolute atomic E-state index is 12.2. The molecule has 0 saturated carbocycles. The molecular formula is C19H28N2O2. The normalized spacial score (nSPS) is 29.7. The number of benzene rings is 1. The van der Waals surface area contributed by atoms with Gasteiger partial charge in [-0.15, -0.1) is 0 Å². The van der Waals surface area contributed by atoms with Crippen LogP contribution in [0, 0.1) is 0 Å². The Morgan fingerprint density at radius 2 is 2.00 bits per heavy atom. The Balaban J connectivity index is 1.64. The van der Waals surface area contributed by atoms with Gasteiger partial charge in [-0.25, -0.2) is 0 Å². The number of morpholine rings is 1. The SMILES string of the molecule is CCN1C[C@@]2(CCCN(Cc3ccccc3)CC2)O[C@@H](C)C1=O. The third kappa shape index (κ3) is 3.75. The molecule has 126 valence electrons. The largest absolute Gasteiger partial charge is 0.360 e. The molecule has 0 aliphatic carbocycles. The molecule has 2 aliphatic heterocycles. The number of hydrogen-bond acceptors (Lipinski definition) is 3. The molecule has 0 bridgehead atoms. The zero-order chi connectivity index (χ0) is 16.3. The van der Waals surface area contributed by atoms with Gasteiger partial charge in [0.1, 0.15) is 6.10 Å². The van der Waals surface area contributed by atoms with Gasteiger partial charge in [0.25, 0.3) is 5.91 Å². The number of likely N-dealkylation sites (tertiary alicyclic amines) is 1. The fourth-order valence-corrected chi connectivity index (χ4v) is 3.91. The van der Waals surface area contributed by atoms with Crippen molar-refractivity contribution in [2.45, 2.75) is 51.4 Å². The minimum absolute atomic E-state index is 0.142. The second-order valence-corrected chi connectivity index (χ2v) is 6.91. The molecule has 1 spiro atoms. The maximum atomic E-state index is 12.2. The van der Waals surface area contributed by atoms with Crippen molar-refractivity contribution in [2.75, 3.05) is 26.2 Å². The van der Waals surface area contributed by atoms with Crippen LogP contribution in [0.5, 0.6) is 0 Å². The average Bonchev–Trinajstić information content (AvgIpc) is 2.75. The van der Waals surface area contributed by atoms with E-state index < -0.39 is 0 Å². The Hall–Kier alpha value is -1.39. The molecule has 2 heterocycles. The van der Waals surface area contributed by atoms with Gasteiger partial charge in [-0.05, 0) is 45.2 Å². The molecule has 0 radical (unpaired) electrons. The van der Waals surface area contributed by atoms with E-state index in [9.17, 15) is 4.79 Å². The van der Waals surface area contributed by atoms with E-state index in [4.69, 9.17) is 4.74 Å². The van der Waals surface area contributed by atoms with Crippen molar-refractivity contribution in [3.05, 3.63) is 35.9 Å². The summed E-state index contributed by atoms with van der Waals surface area (Å²) in [7, 11) is 0. The van der Waals surface area contributed by atoms with Gasteiger partial charge in [0, 0.05) is 26.2 Å². The van der Waals surface area contributed by atoms with Crippen LogP contribution in [0.2, 0.25) is 0 Å².